The molecule has 3 N–H and O–H groups in total. The first-order valence-corrected chi connectivity index (χ1v) is 10.2. The van der Waals surface area contributed by atoms with Crippen LogP contribution in [0.1, 0.15) is 43.2 Å². The van der Waals surface area contributed by atoms with E-state index in [4.69, 9.17) is 4.74 Å². The molecule has 2 aliphatic heterocycles. The predicted molar refractivity (Wildman–Crippen MR) is 104 cm³/mol. The molecule has 1 aromatic carbocycles. The van der Waals surface area contributed by atoms with Gasteiger partial charge in [0.2, 0.25) is 0 Å². The van der Waals surface area contributed by atoms with Crippen molar-refractivity contribution in [1.82, 2.24) is 10.2 Å². The van der Waals surface area contributed by atoms with Crippen LogP contribution in [0, 0.1) is 13.3 Å². The Morgan fingerprint density at radius 2 is 2.07 bits per heavy atom. The number of hydrogen-bond donors (Lipinski definition) is 3. The van der Waals surface area contributed by atoms with Crippen LogP contribution in [-0.4, -0.2) is 58.4 Å². The third-order valence-electron chi connectivity index (χ3n) is 8.01. The molecule has 155 valence electrons. The zero-order valence-corrected chi connectivity index (χ0v) is 19.7. The molecule has 1 spiro atoms. The zero-order valence-electron chi connectivity index (χ0n) is 16.9. The van der Waals surface area contributed by atoms with Gasteiger partial charge in [-0.3, -0.25) is 4.90 Å². The number of hydrogen-bond acceptors (Lipinski definition) is 5. The first kappa shape index (κ1) is 21.5. The van der Waals surface area contributed by atoms with Crippen molar-refractivity contribution in [3.8, 4) is 11.5 Å². The van der Waals surface area contributed by atoms with E-state index in [9.17, 15) is 15.0 Å². The van der Waals surface area contributed by atoms with Crippen molar-refractivity contribution in [2.24, 2.45) is 5.92 Å². The number of piperidine rings is 1. The summed E-state index contributed by atoms with van der Waals surface area (Å²) in [5, 5.41) is 25.4. The molecule has 7 heteroatoms. The van der Waals surface area contributed by atoms with Gasteiger partial charge in [0.25, 0.3) is 0 Å². The van der Waals surface area contributed by atoms with Crippen molar-refractivity contribution in [1.29, 1.82) is 0 Å². The molecule has 5 aliphatic rings. The number of aromatic hydroxyl groups is 1. The summed E-state index contributed by atoms with van der Waals surface area (Å²) >= 11 is 0. The molecule has 0 aromatic heterocycles. The molecule has 1 amide bonds. The number of ether oxygens (including phenoxy) is 1. The van der Waals surface area contributed by atoms with Crippen molar-refractivity contribution in [2.75, 3.05) is 13.1 Å². The predicted octanol–water partition coefficient (Wildman–Crippen LogP) is 1.43. The Bertz CT molecular complexity index is 831. The van der Waals surface area contributed by atoms with E-state index in [-0.39, 0.29) is 64.1 Å². The maximum atomic E-state index is 12.2. The van der Waals surface area contributed by atoms with Gasteiger partial charge >= 0.3 is 0 Å². The van der Waals surface area contributed by atoms with Gasteiger partial charge < -0.3 is 32.5 Å². The summed E-state index contributed by atoms with van der Waals surface area (Å²) in [5.74, 6) is 1.43. The number of rotatable bonds is 4. The second-order valence-electron chi connectivity index (χ2n) is 9.18. The monoisotopic (exact) mass is 473 g/mol. The molecule has 2 heterocycles. The largest absolute Gasteiger partial charge is 0.524 e. The number of amides is 1. The number of nitrogens with one attached hydrogen (secondary N) is 1. The molecule has 29 heavy (non-hydrogen) atoms. The van der Waals surface area contributed by atoms with Gasteiger partial charge in [0, 0.05) is 56.9 Å². The van der Waals surface area contributed by atoms with Crippen LogP contribution in [0.2, 0.25) is 0 Å². The molecule has 3 fully saturated rings. The molecule has 1 radical (unpaired) electrons. The fourth-order valence-electron chi connectivity index (χ4n) is 6.70. The van der Waals surface area contributed by atoms with E-state index >= 15 is 0 Å². The molecular weight excluding hydrogens is 445 g/mol. The summed E-state index contributed by atoms with van der Waals surface area (Å²) in [6, 6.07) is 3.58. The number of nitrogens with zero attached hydrogens (tertiary/aromatic N) is 1. The van der Waals surface area contributed by atoms with Crippen LogP contribution in [0.5, 0.6) is 11.5 Å². The Morgan fingerprint density at radius 3 is 2.79 bits per heavy atom. The van der Waals surface area contributed by atoms with E-state index in [1.165, 1.54) is 18.4 Å². The third-order valence-corrected chi connectivity index (χ3v) is 8.01. The average Bonchev–Trinajstić information content (AvgIpc) is 3.39. The molecule has 1 aromatic rings. The number of benzene rings is 1. The molecule has 1 saturated heterocycles. The average molecular weight is 473 g/mol. The zero-order chi connectivity index (χ0) is 18.4. The van der Waals surface area contributed by atoms with Crippen molar-refractivity contribution < 1.29 is 52.5 Å². The van der Waals surface area contributed by atoms with Crippen LogP contribution in [0.15, 0.2) is 12.1 Å². The van der Waals surface area contributed by atoms with E-state index in [1.54, 1.807) is 6.07 Å². The van der Waals surface area contributed by atoms with Crippen molar-refractivity contribution >= 4 is 6.41 Å². The summed E-state index contributed by atoms with van der Waals surface area (Å²) in [7, 11) is 0. The van der Waals surface area contributed by atoms with Gasteiger partial charge in [-0.15, -0.1) is 0 Å². The van der Waals surface area contributed by atoms with Crippen molar-refractivity contribution in [3.63, 3.8) is 0 Å². The minimum absolute atomic E-state index is 0. The topological polar surface area (TPSA) is 82.0 Å². The van der Waals surface area contributed by atoms with Crippen LogP contribution in [-0.2, 0) is 49.3 Å². The van der Waals surface area contributed by atoms with Crippen LogP contribution in [0.4, 0.5) is 0 Å². The van der Waals surface area contributed by atoms with Crippen molar-refractivity contribution in [3.05, 3.63) is 30.7 Å². The van der Waals surface area contributed by atoms with Gasteiger partial charge in [0.05, 0.1) is 11.0 Å². The van der Waals surface area contributed by atoms with Crippen LogP contribution < -0.4 is 10.1 Å². The smallest absolute Gasteiger partial charge is 0.165 e. The number of phenolic OH excluding ortho intramolecular Hbond substituents is 1. The first-order chi connectivity index (χ1) is 13.1. The molecule has 3 aliphatic carbocycles. The fourth-order valence-corrected chi connectivity index (χ4v) is 6.70. The van der Waals surface area contributed by atoms with E-state index in [1.807, 2.05) is 12.5 Å². The Morgan fingerprint density at radius 1 is 1.28 bits per heavy atom. The molecule has 6 nitrogen and oxygen atoms in total. The Hall–Kier alpha value is -0.686. The summed E-state index contributed by atoms with van der Waals surface area (Å²) < 4.78 is 6.30. The maximum absolute atomic E-state index is 12.2. The quantitative estimate of drug-likeness (QED) is 0.456. The van der Waals surface area contributed by atoms with Gasteiger partial charge in [0.15, 0.2) is 11.5 Å². The van der Waals surface area contributed by atoms with Gasteiger partial charge in [0.1, 0.15) is 6.10 Å². The van der Waals surface area contributed by atoms with Gasteiger partial charge in [-0.05, 0) is 62.6 Å². The first-order valence-electron chi connectivity index (χ1n) is 10.2. The Labute approximate surface area is 197 Å². The molecular formula is C22H28N2O4Y-2. The number of aliphatic hydroxyl groups is 1. The minimum Gasteiger partial charge on any atom is -0.524 e. The van der Waals surface area contributed by atoms with Gasteiger partial charge in [-0.25, -0.2) is 0 Å². The van der Waals surface area contributed by atoms with Crippen LogP contribution in [0.3, 0.4) is 0 Å². The molecule has 6 rings (SSSR count). The van der Waals surface area contributed by atoms with E-state index in [0.29, 0.717) is 18.6 Å². The second kappa shape index (κ2) is 7.18. The third kappa shape index (κ3) is 2.65. The summed E-state index contributed by atoms with van der Waals surface area (Å²) in [5.41, 5.74) is 0.718. The fraction of sp³-hybridized carbons (Fsp3) is 0.636. The van der Waals surface area contributed by atoms with E-state index in [2.05, 4.69) is 10.2 Å². The SMILES string of the molecule is O=[C-]NC1CC[C@@]2(O)[C@H]3Cc4ccc(O)c5c4[C@@]2(CCN3CC2CC2)[C@H]1O5.[CH3-].[Y]. The Balaban J connectivity index is 0.00000102. The van der Waals surface area contributed by atoms with Crippen molar-refractivity contribution in [2.45, 2.75) is 67.7 Å². The molecule has 5 atom stereocenters. The summed E-state index contributed by atoms with van der Waals surface area (Å²) in [6.45, 7) is 1.99. The van der Waals surface area contributed by atoms with Crippen LogP contribution >= 0.6 is 0 Å². The van der Waals surface area contributed by atoms with E-state index in [0.717, 1.165) is 37.4 Å². The molecule has 2 bridgehead atoms. The maximum Gasteiger partial charge on any atom is 0.165 e. The van der Waals surface area contributed by atoms with Gasteiger partial charge in [-0.2, -0.15) is 6.41 Å². The molecule has 1 unspecified atom stereocenters. The number of phenols is 1. The van der Waals surface area contributed by atoms with Crippen LogP contribution in [0.25, 0.3) is 0 Å². The second-order valence-corrected chi connectivity index (χ2v) is 9.18. The van der Waals surface area contributed by atoms with E-state index < -0.39 is 11.0 Å². The summed E-state index contributed by atoms with van der Waals surface area (Å²) in [6.07, 6.45) is 6.95. The molecule has 2 saturated carbocycles. The Kier molecular flexibility index (Phi) is 5.34. The minimum atomic E-state index is -0.891. The summed E-state index contributed by atoms with van der Waals surface area (Å²) in [4.78, 5) is 13.6. The number of carbonyl (C=O) groups excluding carboxylic acids is 1. The van der Waals surface area contributed by atoms with Gasteiger partial charge in [-0.1, -0.05) is 6.07 Å². The standard InChI is InChI=1S/C21H25N2O4.CH3.Y/c24-11-22-14-5-6-21(26)16-9-13-3-4-15(25)18-17(13)20(21,19(14)27-18)7-8-23(16)10-12-1-2-12;;/h3-4,12,14,16,19,25-26H,1-2,5-10H2,(H,22,24);1H3;/q2*-1;/t14?,16-,19+,20+,21-;;/m1../s1. The number of likely N-dealkylation sites (tertiary alicyclic amines) is 1. The normalized spacial score (nSPS) is 38.7.